The van der Waals surface area contributed by atoms with E-state index in [4.69, 9.17) is 12.2 Å². The summed E-state index contributed by atoms with van der Waals surface area (Å²) < 4.78 is 4.31. The summed E-state index contributed by atoms with van der Waals surface area (Å²) in [4.78, 5) is 4.14. The van der Waals surface area contributed by atoms with Gasteiger partial charge < -0.3 is 0 Å². The van der Waals surface area contributed by atoms with Crippen molar-refractivity contribution in [2.45, 2.75) is 0 Å². The summed E-state index contributed by atoms with van der Waals surface area (Å²) >= 11 is 5.44. The summed E-state index contributed by atoms with van der Waals surface area (Å²) in [6.45, 7) is 0. The summed E-state index contributed by atoms with van der Waals surface area (Å²) in [6.07, 6.45) is 3.53. The topological polar surface area (TPSA) is 35.6 Å². The van der Waals surface area contributed by atoms with Crippen LogP contribution in [0.4, 0.5) is 0 Å². The Morgan fingerprint density at radius 1 is 1.05 bits per heavy atom. The molecule has 4 nitrogen and oxygen atoms in total. The number of benzene rings is 1. The van der Waals surface area contributed by atoms with Gasteiger partial charge in [0.05, 0.1) is 0 Å². The van der Waals surface area contributed by atoms with Crippen molar-refractivity contribution >= 4 is 12.2 Å². The first kappa shape index (κ1) is 11.8. The predicted molar refractivity (Wildman–Crippen MR) is 76.6 cm³/mol. The smallest absolute Gasteiger partial charge is 0.202 e. The van der Waals surface area contributed by atoms with Crippen molar-refractivity contribution in [3.63, 3.8) is 0 Å². The zero-order valence-electron chi connectivity index (χ0n) is 10.4. The van der Waals surface area contributed by atoms with E-state index in [0.717, 1.165) is 17.1 Å². The molecule has 0 aliphatic rings. The molecule has 94 valence electrons. The van der Waals surface area contributed by atoms with Crippen LogP contribution in [0.3, 0.4) is 0 Å². The molecule has 0 aliphatic carbocycles. The molecule has 19 heavy (non-hydrogen) atoms. The lowest BCUT2D eigenvalue weighted by molar-refractivity contribution is 0.750. The molecule has 0 N–H and O–H groups in total. The van der Waals surface area contributed by atoms with Gasteiger partial charge in [-0.25, -0.2) is 4.68 Å². The van der Waals surface area contributed by atoms with Gasteiger partial charge in [0.15, 0.2) is 5.82 Å². The van der Waals surface area contributed by atoms with E-state index < -0.39 is 0 Å². The molecule has 0 fully saturated rings. The van der Waals surface area contributed by atoms with Crippen molar-refractivity contribution in [2.75, 3.05) is 0 Å². The maximum Gasteiger partial charge on any atom is 0.202 e. The molecule has 0 radical (unpaired) electrons. The third-order valence-corrected chi connectivity index (χ3v) is 3.31. The van der Waals surface area contributed by atoms with Crippen molar-refractivity contribution < 1.29 is 0 Å². The van der Waals surface area contributed by atoms with Crippen LogP contribution in [-0.2, 0) is 7.05 Å². The fourth-order valence-corrected chi connectivity index (χ4v) is 2.19. The van der Waals surface area contributed by atoms with Crippen LogP contribution in [0.2, 0.25) is 0 Å². The second kappa shape index (κ2) is 4.78. The summed E-state index contributed by atoms with van der Waals surface area (Å²) in [5, 5.41) is 4.49. The Morgan fingerprint density at radius 3 is 2.53 bits per heavy atom. The molecule has 0 saturated carbocycles. The highest BCUT2D eigenvalue weighted by Crippen LogP contribution is 2.21. The Kier molecular flexibility index (Phi) is 2.97. The van der Waals surface area contributed by atoms with Gasteiger partial charge in [-0.15, -0.1) is 0 Å². The third kappa shape index (κ3) is 2.08. The van der Waals surface area contributed by atoms with Crippen molar-refractivity contribution in [3.8, 4) is 17.1 Å². The second-order valence-electron chi connectivity index (χ2n) is 4.14. The van der Waals surface area contributed by atoms with E-state index in [0.29, 0.717) is 4.77 Å². The number of para-hydroxylation sites is 1. The van der Waals surface area contributed by atoms with Crippen LogP contribution in [0, 0.1) is 4.77 Å². The van der Waals surface area contributed by atoms with Crippen LogP contribution < -0.4 is 0 Å². The van der Waals surface area contributed by atoms with E-state index >= 15 is 0 Å². The van der Waals surface area contributed by atoms with Gasteiger partial charge >= 0.3 is 0 Å². The van der Waals surface area contributed by atoms with Crippen LogP contribution in [-0.4, -0.2) is 19.3 Å². The van der Waals surface area contributed by atoms with Crippen LogP contribution in [0.5, 0.6) is 0 Å². The average molecular weight is 268 g/mol. The Balaban J connectivity index is 2.28. The van der Waals surface area contributed by atoms with Gasteiger partial charge in [-0.1, -0.05) is 18.2 Å². The standard InChI is InChI=1S/C14H12N4S/c1-17-14(19)18(12-7-3-2-4-8-12)13(16-17)11-6-5-9-15-10-11/h2-10H,1H3. The minimum atomic E-state index is 0.657. The number of hydrogen-bond donors (Lipinski definition) is 0. The van der Waals surface area contributed by atoms with E-state index in [1.807, 2.05) is 54.1 Å². The van der Waals surface area contributed by atoms with E-state index in [1.54, 1.807) is 17.1 Å². The van der Waals surface area contributed by atoms with E-state index in [1.165, 1.54) is 0 Å². The molecule has 0 bridgehead atoms. The van der Waals surface area contributed by atoms with E-state index in [-0.39, 0.29) is 0 Å². The van der Waals surface area contributed by atoms with Crippen molar-refractivity contribution in [3.05, 3.63) is 59.6 Å². The molecule has 0 unspecified atom stereocenters. The maximum atomic E-state index is 5.44. The Labute approximate surface area is 116 Å². The van der Waals surface area contributed by atoms with Gasteiger partial charge in [-0.2, -0.15) is 5.10 Å². The molecule has 0 amide bonds. The minimum Gasteiger partial charge on any atom is -0.268 e. The lowest BCUT2D eigenvalue weighted by atomic mass is 10.2. The van der Waals surface area contributed by atoms with Crippen LogP contribution in [0.25, 0.3) is 17.1 Å². The molecule has 0 atom stereocenters. The summed E-state index contributed by atoms with van der Waals surface area (Å²) in [6, 6.07) is 13.8. The molecule has 5 heteroatoms. The van der Waals surface area contributed by atoms with Gasteiger partial charge in [0.2, 0.25) is 4.77 Å². The summed E-state index contributed by atoms with van der Waals surface area (Å²) in [5.74, 6) is 0.798. The first-order valence-electron chi connectivity index (χ1n) is 5.89. The fraction of sp³-hybridized carbons (Fsp3) is 0.0714. The van der Waals surface area contributed by atoms with Gasteiger partial charge in [0.25, 0.3) is 0 Å². The van der Waals surface area contributed by atoms with E-state index in [9.17, 15) is 0 Å². The zero-order valence-corrected chi connectivity index (χ0v) is 11.2. The molecule has 0 saturated heterocycles. The number of pyridine rings is 1. The number of aromatic nitrogens is 4. The second-order valence-corrected chi connectivity index (χ2v) is 4.51. The predicted octanol–water partition coefficient (Wildman–Crippen LogP) is 3.00. The zero-order chi connectivity index (χ0) is 13.2. The molecule has 2 heterocycles. The Hall–Kier alpha value is -2.27. The molecule has 0 spiro atoms. The van der Waals surface area contributed by atoms with Crippen molar-refractivity contribution in [1.82, 2.24) is 19.3 Å². The fourth-order valence-electron chi connectivity index (χ4n) is 1.96. The van der Waals surface area contributed by atoms with Gasteiger partial charge in [0, 0.05) is 30.7 Å². The molecule has 1 aromatic carbocycles. The summed E-state index contributed by atoms with van der Waals surface area (Å²) in [7, 11) is 1.85. The quantitative estimate of drug-likeness (QED) is 0.670. The highest BCUT2D eigenvalue weighted by Gasteiger charge is 2.12. The lowest BCUT2D eigenvalue weighted by Crippen LogP contribution is -1.97. The number of rotatable bonds is 2. The molecular weight excluding hydrogens is 256 g/mol. The van der Waals surface area contributed by atoms with Gasteiger partial charge in [-0.05, 0) is 36.5 Å². The van der Waals surface area contributed by atoms with Crippen LogP contribution >= 0.6 is 12.2 Å². The van der Waals surface area contributed by atoms with Gasteiger partial charge in [0.1, 0.15) is 0 Å². The lowest BCUT2D eigenvalue weighted by Gasteiger charge is -2.05. The number of hydrogen-bond acceptors (Lipinski definition) is 3. The van der Waals surface area contributed by atoms with Crippen molar-refractivity contribution in [2.24, 2.45) is 7.05 Å². The molecule has 0 aliphatic heterocycles. The minimum absolute atomic E-state index is 0.657. The Bertz CT molecular complexity index is 744. The highest BCUT2D eigenvalue weighted by atomic mass is 32.1. The van der Waals surface area contributed by atoms with E-state index in [2.05, 4.69) is 10.1 Å². The SMILES string of the molecule is Cn1nc(-c2cccnc2)n(-c2ccccc2)c1=S. The first-order chi connectivity index (χ1) is 9.27. The Morgan fingerprint density at radius 2 is 1.84 bits per heavy atom. The first-order valence-corrected chi connectivity index (χ1v) is 6.30. The highest BCUT2D eigenvalue weighted by molar-refractivity contribution is 7.71. The third-order valence-electron chi connectivity index (χ3n) is 2.86. The monoisotopic (exact) mass is 268 g/mol. The normalized spacial score (nSPS) is 10.6. The molecule has 2 aromatic heterocycles. The maximum absolute atomic E-state index is 5.44. The molecule has 3 rings (SSSR count). The van der Waals surface area contributed by atoms with Crippen LogP contribution in [0.15, 0.2) is 54.9 Å². The van der Waals surface area contributed by atoms with Crippen molar-refractivity contribution in [1.29, 1.82) is 0 Å². The largest absolute Gasteiger partial charge is 0.268 e. The molecule has 3 aromatic rings. The number of aryl methyl sites for hydroxylation is 1. The van der Waals surface area contributed by atoms with Crippen LogP contribution in [0.1, 0.15) is 0 Å². The number of nitrogens with zero attached hydrogens (tertiary/aromatic N) is 4. The average Bonchev–Trinajstić information content (AvgIpc) is 2.77. The summed E-state index contributed by atoms with van der Waals surface area (Å²) in [5.41, 5.74) is 1.94. The molecular formula is C14H12N4S. The van der Waals surface area contributed by atoms with Gasteiger partial charge in [-0.3, -0.25) is 9.55 Å².